The second-order valence-corrected chi connectivity index (χ2v) is 3.19. The predicted octanol–water partition coefficient (Wildman–Crippen LogP) is 0.685. The summed E-state index contributed by atoms with van der Waals surface area (Å²) < 4.78 is 5.20. The number of carboxylic acids is 1. The van der Waals surface area contributed by atoms with E-state index in [0.29, 0.717) is 12.2 Å². The molecule has 0 aliphatic rings. The molecule has 0 aliphatic heterocycles. The Morgan fingerprint density at radius 3 is 2.94 bits per heavy atom. The Hall–Kier alpha value is -2.11. The smallest absolute Gasteiger partial charge is 0.305 e. The van der Waals surface area contributed by atoms with Crippen molar-refractivity contribution in [1.82, 2.24) is 10.3 Å². The standard InChI is InChI=1S/C11H14N2O4/c1-2-17-11-8(4-3-6-13-11)10(16)12-7-5-9(14)15/h3-4,6H,2,5,7H2,1H3,(H,12,16)(H,14,15). The van der Waals surface area contributed by atoms with E-state index in [0.717, 1.165) is 0 Å². The molecule has 0 saturated carbocycles. The Morgan fingerprint density at radius 1 is 1.53 bits per heavy atom. The van der Waals surface area contributed by atoms with Crippen LogP contribution in [0.4, 0.5) is 0 Å². The van der Waals surface area contributed by atoms with E-state index < -0.39 is 5.97 Å². The largest absolute Gasteiger partial charge is 0.481 e. The molecule has 0 bridgehead atoms. The van der Waals surface area contributed by atoms with Crippen molar-refractivity contribution in [2.45, 2.75) is 13.3 Å². The summed E-state index contributed by atoms with van der Waals surface area (Å²) in [5, 5.41) is 10.9. The summed E-state index contributed by atoms with van der Waals surface area (Å²) in [4.78, 5) is 25.9. The Morgan fingerprint density at radius 2 is 2.29 bits per heavy atom. The van der Waals surface area contributed by atoms with E-state index in [9.17, 15) is 9.59 Å². The molecule has 6 nitrogen and oxygen atoms in total. The maximum Gasteiger partial charge on any atom is 0.305 e. The van der Waals surface area contributed by atoms with E-state index in [-0.39, 0.29) is 24.8 Å². The summed E-state index contributed by atoms with van der Waals surface area (Å²) in [6.07, 6.45) is 1.41. The van der Waals surface area contributed by atoms with Crippen LogP contribution in [0.1, 0.15) is 23.7 Å². The first kappa shape index (κ1) is 13.0. The van der Waals surface area contributed by atoms with Crippen LogP contribution in [0.5, 0.6) is 5.88 Å². The van der Waals surface area contributed by atoms with E-state index in [1.807, 2.05) is 0 Å². The number of hydrogen-bond donors (Lipinski definition) is 2. The van der Waals surface area contributed by atoms with Crippen LogP contribution >= 0.6 is 0 Å². The SMILES string of the molecule is CCOc1ncccc1C(=O)NCCC(=O)O. The first-order valence-corrected chi connectivity index (χ1v) is 5.23. The molecule has 0 aromatic carbocycles. The van der Waals surface area contributed by atoms with Gasteiger partial charge in [0, 0.05) is 12.7 Å². The first-order valence-electron chi connectivity index (χ1n) is 5.23. The van der Waals surface area contributed by atoms with Gasteiger partial charge in [-0.1, -0.05) is 0 Å². The molecule has 0 radical (unpaired) electrons. The lowest BCUT2D eigenvalue weighted by Gasteiger charge is -2.08. The zero-order valence-corrected chi connectivity index (χ0v) is 9.47. The normalized spacial score (nSPS) is 9.71. The third-order valence-electron chi connectivity index (χ3n) is 1.92. The molecule has 0 fully saturated rings. The Labute approximate surface area is 98.6 Å². The van der Waals surface area contributed by atoms with Crippen LogP contribution in [-0.2, 0) is 4.79 Å². The molecule has 1 aromatic rings. The molecule has 1 aromatic heterocycles. The number of ether oxygens (including phenoxy) is 1. The molecule has 1 rings (SSSR count). The molecule has 1 amide bonds. The summed E-state index contributed by atoms with van der Waals surface area (Å²) >= 11 is 0. The van der Waals surface area contributed by atoms with E-state index in [1.165, 1.54) is 6.20 Å². The number of carboxylic acid groups (broad SMARTS) is 1. The Kier molecular flexibility index (Phi) is 4.93. The van der Waals surface area contributed by atoms with Gasteiger partial charge in [-0.25, -0.2) is 4.98 Å². The number of aromatic nitrogens is 1. The van der Waals surface area contributed by atoms with Gasteiger partial charge >= 0.3 is 5.97 Å². The van der Waals surface area contributed by atoms with E-state index in [1.54, 1.807) is 19.1 Å². The van der Waals surface area contributed by atoms with Gasteiger partial charge in [-0.2, -0.15) is 0 Å². The highest BCUT2D eigenvalue weighted by molar-refractivity contribution is 5.96. The van der Waals surface area contributed by atoms with Crippen LogP contribution in [0.2, 0.25) is 0 Å². The summed E-state index contributed by atoms with van der Waals surface area (Å²) in [6, 6.07) is 3.20. The van der Waals surface area contributed by atoms with E-state index in [2.05, 4.69) is 10.3 Å². The number of aliphatic carboxylic acids is 1. The maximum absolute atomic E-state index is 11.7. The molecule has 92 valence electrons. The Bertz CT molecular complexity index is 406. The molecule has 0 spiro atoms. The second kappa shape index (κ2) is 6.47. The van der Waals surface area contributed by atoms with Crippen molar-refractivity contribution < 1.29 is 19.4 Å². The molecule has 17 heavy (non-hydrogen) atoms. The number of pyridine rings is 1. The van der Waals surface area contributed by atoms with Crippen LogP contribution < -0.4 is 10.1 Å². The van der Waals surface area contributed by atoms with Crippen molar-refractivity contribution >= 4 is 11.9 Å². The summed E-state index contributed by atoms with van der Waals surface area (Å²) in [6.45, 7) is 2.28. The monoisotopic (exact) mass is 238 g/mol. The van der Waals surface area contributed by atoms with E-state index >= 15 is 0 Å². The van der Waals surface area contributed by atoms with Crippen LogP contribution in [0.15, 0.2) is 18.3 Å². The molecule has 0 atom stereocenters. The first-order chi connectivity index (χ1) is 8.15. The quantitative estimate of drug-likeness (QED) is 0.761. The predicted molar refractivity (Wildman–Crippen MR) is 60.0 cm³/mol. The zero-order valence-electron chi connectivity index (χ0n) is 9.47. The van der Waals surface area contributed by atoms with Crippen LogP contribution in [0.25, 0.3) is 0 Å². The third-order valence-corrected chi connectivity index (χ3v) is 1.92. The highest BCUT2D eigenvalue weighted by Gasteiger charge is 2.12. The summed E-state index contributed by atoms with van der Waals surface area (Å²) in [7, 11) is 0. The molecule has 0 saturated heterocycles. The number of rotatable bonds is 6. The fourth-order valence-electron chi connectivity index (χ4n) is 1.19. The fourth-order valence-corrected chi connectivity index (χ4v) is 1.19. The Balaban J connectivity index is 2.64. The second-order valence-electron chi connectivity index (χ2n) is 3.19. The lowest BCUT2D eigenvalue weighted by atomic mass is 10.2. The number of nitrogens with one attached hydrogen (secondary N) is 1. The van der Waals surface area contributed by atoms with Gasteiger partial charge in [-0.05, 0) is 19.1 Å². The van der Waals surface area contributed by atoms with Gasteiger partial charge in [0.1, 0.15) is 5.56 Å². The van der Waals surface area contributed by atoms with Crippen LogP contribution in [0, 0.1) is 0 Å². The molecule has 2 N–H and O–H groups in total. The van der Waals surface area contributed by atoms with Crippen molar-refractivity contribution in [3.05, 3.63) is 23.9 Å². The average Bonchev–Trinajstić information content (AvgIpc) is 2.29. The number of carbonyl (C=O) groups is 2. The van der Waals surface area contributed by atoms with Crippen LogP contribution in [-0.4, -0.2) is 35.1 Å². The third kappa shape index (κ3) is 4.10. The van der Waals surface area contributed by atoms with Crippen LogP contribution in [0.3, 0.4) is 0 Å². The van der Waals surface area contributed by atoms with Crippen molar-refractivity contribution in [2.75, 3.05) is 13.2 Å². The van der Waals surface area contributed by atoms with Gasteiger partial charge in [-0.15, -0.1) is 0 Å². The molecule has 0 unspecified atom stereocenters. The number of nitrogens with zero attached hydrogens (tertiary/aromatic N) is 1. The minimum absolute atomic E-state index is 0.0780. The number of amides is 1. The van der Waals surface area contributed by atoms with Crippen molar-refractivity contribution in [1.29, 1.82) is 0 Å². The van der Waals surface area contributed by atoms with Gasteiger partial charge in [0.05, 0.1) is 13.0 Å². The van der Waals surface area contributed by atoms with Gasteiger partial charge in [0.25, 0.3) is 5.91 Å². The summed E-state index contributed by atoms with van der Waals surface area (Å²) in [5.74, 6) is -1.09. The van der Waals surface area contributed by atoms with Gasteiger partial charge in [0.2, 0.25) is 5.88 Å². The summed E-state index contributed by atoms with van der Waals surface area (Å²) in [5.41, 5.74) is 0.305. The minimum atomic E-state index is -0.957. The van der Waals surface area contributed by atoms with Crippen molar-refractivity contribution in [2.24, 2.45) is 0 Å². The van der Waals surface area contributed by atoms with Crippen molar-refractivity contribution in [3.8, 4) is 5.88 Å². The molecular weight excluding hydrogens is 224 g/mol. The number of hydrogen-bond acceptors (Lipinski definition) is 4. The highest BCUT2D eigenvalue weighted by atomic mass is 16.5. The van der Waals surface area contributed by atoms with E-state index in [4.69, 9.17) is 9.84 Å². The van der Waals surface area contributed by atoms with Crippen molar-refractivity contribution in [3.63, 3.8) is 0 Å². The fraction of sp³-hybridized carbons (Fsp3) is 0.364. The number of carbonyl (C=O) groups excluding carboxylic acids is 1. The zero-order chi connectivity index (χ0) is 12.7. The maximum atomic E-state index is 11.7. The van der Waals surface area contributed by atoms with Gasteiger partial charge < -0.3 is 15.2 Å². The van der Waals surface area contributed by atoms with Gasteiger partial charge in [-0.3, -0.25) is 9.59 Å². The topological polar surface area (TPSA) is 88.5 Å². The molecule has 1 heterocycles. The molecule has 6 heteroatoms. The van der Waals surface area contributed by atoms with Gasteiger partial charge in [0.15, 0.2) is 0 Å². The lowest BCUT2D eigenvalue weighted by Crippen LogP contribution is -2.26. The highest BCUT2D eigenvalue weighted by Crippen LogP contribution is 2.13. The molecular formula is C11H14N2O4. The lowest BCUT2D eigenvalue weighted by molar-refractivity contribution is -0.136. The average molecular weight is 238 g/mol. The molecule has 0 aliphatic carbocycles. The minimum Gasteiger partial charge on any atom is -0.481 e.